The number of hydrogen-bond acceptors (Lipinski definition) is 5. The van der Waals surface area contributed by atoms with Crippen molar-refractivity contribution in [1.82, 2.24) is 0 Å². The zero-order chi connectivity index (χ0) is 20.5. The predicted octanol–water partition coefficient (Wildman–Crippen LogP) is 5.03. The number of ether oxygens (including phenoxy) is 4. The molecule has 2 rings (SSSR count). The van der Waals surface area contributed by atoms with Gasteiger partial charge in [-0.2, -0.15) is 0 Å². The van der Waals surface area contributed by atoms with E-state index in [-0.39, 0.29) is 5.78 Å². The SMILES string of the molecule is COc1cc(C(=O)C=Cc2ccc(OCCC(C)C)cc2)cc(OC)c1OC. The highest BCUT2D eigenvalue weighted by Gasteiger charge is 2.15. The summed E-state index contributed by atoms with van der Waals surface area (Å²) in [6, 6.07) is 10.9. The Labute approximate surface area is 166 Å². The lowest BCUT2D eigenvalue weighted by Gasteiger charge is -2.13. The summed E-state index contributed by atoms with van der Waals surface area (Å²) in [7, 11) is 4.57. The Kier molecular flexibility index (Phi) is 7.93. The molecular formula is C23H28O5. The molecule has 2 aromatic rings. The first-order chi connectivity index (χ1) is 13.5. The van der Waals surface area contributed by atoms with E-state index >= 15 is 0 Å². The molecule has 2 aromatic carbocycles. The molecule has 28 heavy (non-hydrogen) atoms. The number of carbonyl (C=O) groups excluding carboxylic acids is 1. The standard InChI is InChI=1S/C23H28O5/c1-16(2)12-13-28-19-9-6-17(7-10-19)8-11-20(24)18-14-21(25-3)23(27-5)22(15-18)26-4/h6-11,14-16H,12-13H2,1-5H3. The van der Waals surface area contributed by atoms with Crippen LogP contribution in [0.3, 0.4) is 0 Å². The number of benzene rings is 2. The van der Waals surface area contributed by atoms with E-state index in [4.69, 9.17) is 18.9 Å². The Bertz CT molecular complexity index is 781. The predicted molar refractivity (Wildman–Crippen MR) is 111 cm³/mol. The van der Waals surface area contributed by atoms with Gasteiger partial charge in [0.15, 0.2) is 17.3 Å². The van der Waals surface area contributed by atoms with Crippen molar-refractivity contribution in [3.63, 3.8) is 0 Å². The molecule has 0 saturated carbocycles. The Hall–Kier alpha value is -2.95. The molecule has 150 valence electrons. The minimum absolute atomic E-state index is 0.156. The third-order valence-corrected chi connectivity index (χ3v) is 4.22. The van der Waals surface area contributed by atoms with Crippen LogP contribution in [0.2, 0.25) is 0 Å². The van der Waals surface area contributed by atoms with Gasteiger partial charge in [-0.3, -0.25) is 4.79 Å². The highest BCUT2D eigenvalue weighted by atomic mass is 16.5. The average molecular weight is 384 g/mol. The molecule has 0 spiro atoms. The maximum atomic E-state index is 12.6. The molecule has 0 aliphatic rings. The molecular weight excluding hydrogens is 356 g/mol. The minimum atomic E-state index is -0.156. The zero-order valence-electron chi connectivity index (χ0n) is 17.2. The average Bonchev–Trinajstić information content (AvgIpc) is 2.71. The number of carbonyl (C=O) groups is 1. The fourth-order valence-electron chi connectivity index (χ4n) is 2.58. The summed E-state index contributed by atoms with van der Waals surface area (Å²) in [6.07, 6.45) is 4.31. The van der Waals surface area contributed by atoms with E-state index in [0.29, 0.717) is 35.3 Å². The van der Waals surface area contributed by atoms with Gasteiger partial charge in [-0.15, -0.1) is 0 Å². The van der Waals surface area contributed by atoms with Crippen LogP contribution < -0.4 is 18.9 Å². The molecule has 0 aromatic heterocycles. The van der Waals surface area contributed by atoms with Gasteiger partial charge in [-0.05, 0) is 48.2 Å². The molecule has 0 radical (unpaired) electrons. The van der Waals surface area contributed by atoms with Gasteiger partial charge in [0.1, 0.15) is 5.75 Å². The summed E-state index contributed by atoms with van der Waals surface area (Å²) in [5.74, 6) is 2.63. The fraction of sp³-hybridized carbons (Fsp3) is 0.348. The van der Waals surface area contributed by atoms with Crippen molar-refractivity contribution in [2.24, 2.45) is 5.92 Å². The second-order valence-electron chi connectivity index (χ2n) is 6.71. The summed E-state index contributed by atoms with van der Waals surface area (Å²) in [4.78, 5) is 12.6. The summed E-state index contributed by atoms with van der Waals surface area (Å²) in [5.41, 5.74) is 1.37. The monoisotopic (exact) mass is 384 g/mol. The van der Waals surface area contributed by atoms with Crippen LogP contribution in [-0.2, 0) is 0 Å². The molecule has 0 saturated heterocycles. The Morgan fingerprint density at radius 3 is 2.07 bits per heavy atom. The summed E-state index contributed by atoms with van der Waals surface area (Å²) >= 11 is 0. The largest absolute Gasteiger partial charge is 0.494 e. The number of allylic oxidation sites excluding steroid dienone is 1. The molecule has 0 atom stereocenters. The van der Waals surface area contributed by atoms with Gasteiger partial charge in [-0.1, -0.05) is 32.1 Å². The second kappa shape index (κ2) is 10.4. The quantitative estimate of drug-likeness (QED) is 0.425. The van der Waals surface area contributed by atoms with E-state index in [1.54, 1.807) is 18.2 Å². The second-order valence-corrected chi connectivity index (χ2v) is 6.71. The third kappa shape index (κ3) is 5.78. The first kappa shape index (κ1) is 21.4. The van der Waals surface area contributed by atoms with E-state index in [1.165, 1.54) is 27.4 Å². The van der Waals surface area contributed by atoms with Crippen molar-refractivity contribution >= 4 is 11.9 Å². The van der Waals surface area contributed by atoms with E-state index in [0.717, 1.165) is 17.7 Å². The van der Waals surface area contributed by atoms with Crippen LogP contribution in [-0.4, -0.2) is 33.7 Å². The number of rotatable bonds is 10. The molecule has 5 heteroatoms. The summed E-state index contributed by atoms with van der Waals surface area (Å²) in [5, 5.41) is 0. The highest BCUT2D eigenvalue weighted by Crippen LogP contribution is 2.38. The number of hydrogen-bond donors (Lipinski definition) is 0. The van der Waals surface area contributed by atoms with Crippen molar-refractivity contribution in [2.75, 3.05) is 27.9 Å². The maximum Gasteiger partial charge on any atom is 0.203 e. The first-order valence-corrected chi connectivity index (χ1v) is 9.23. The van der Waals surface area contributed by atoms with Crippen LogP contribution in [0.25, 0.3) is 6.08 Å². The smallest absolute Gasteiger partial charge is 0.203 e. The van der Waals surface area contributed by atoms with Gasteiger partial charge < -0.3 is 18.9 Å². The third-order valence-electron chi connectivity index (χ3n) is 4.22. The van der Waals surface area contributed by atoms with E-state index in [2.05, 4.69) is 13.8 Å². The van der Waals surface area contributed by atoms with Crippen molar-refractivity contribution in [2.45, 2.75) is 20.3 Å². The summed E-state index contributed by atoms with van der Waals surface area (Å²) < 4.78 is 21.6. The van der Waals surface area contributed by atoms with Gasteiger partial charge in [0.25, 0.3) is 0 Å². The van der Waals surface area contributed by atoms with Crippen molar-refractivity contribution in [1.29, 1.82) is 0 Å². The number of methoxy groups -OCH3 is 3. The Morgan fingerprint density at radius 1 is 0.964 bits per heavy atom. The molecule has 0 N–H and O–H groups in total. The Balaban J connectivity index is 2.09. The minimum Gasteiger partial charge on any atom is -0.494 e. The zero-order valence-corrected chi connectivity index (χ0v) is 17.2. The van der Waals surface area contributed by atoms with Gasteiger partial charge in [0.05, 0.1) is 27.9 Å². The lowest BCUT2D eigenvalue weighted by Crippen LogP contribution is -2.01. The van der Waals surface area contributed by atoms with Gasteiger partial charge >= 0.3 is 0 Å². The molecule has 0 amide bonds. The van der Waals surface area contributed by atoms with Gasteiger partial charge in [0, 0.05) is 5.56 Å². The van der Waals surface area contributed by atoms with Crippen LogP contribution in [0.4, 0.5) is 0 Å². The fourth-order valence-corrected chi connectivity index (χ4v) is 2.58. The molecule has 0 aliphatic carbocycles. The highest BCUT2D eigenvalue weighted by molar-refractivity contribution is 6.07. The molecule has 0 fully saturated rings. The lowest BCUT2D eigenvalue weighted by atomic mass is 10.1. The topological polar surface area (TPSA) is 54.0 Å². The van der Waals surface area contributed by atoms with Crippen LogP contribution >= 0.6 is 0 Å². The van der Waals surface area contributed by atoms with Crippen molar-refractivity contribution in [3.8, 4) is 23.0 Å². The Morgan fingerprint density at radius 2 is 1.57 bits per heavy atom. The molecule has 0 unspecified atom stereocenters. The molecule has 5 nitrogen and oxygen atoms in total. The van der Waals surface area contributed by atoms with Gasteiger partial charge in [-0.25, -0.2) is 0 Å². The van der Waals surface area contributed by atoms with Crippen molar-refractivity contribution < 1.29 is 23.7 Å². The number of ketones is 1. The van der Waals surface area contributed by atoms with E-state index < -0.39 is 0 Å². The van der Waals surface area contributed by atoms with Crippen LogP contribution in [0.1, 0.15) is 36.2 Å². The van der Waals surface area contributed by atoms with Crippen LogP contribution in [0, 0.1) is 5.92 Å². The molecule has 0 bridgehead atoms. The lowest BCUT2D eigenvalue weighted by molar-refractivity contribution is 0.104. The van der Waals surface area contributed by atoms with Gasteiger partial charge in [0.2, 0.25) is 5.75 Å². The molecule has 0 heterocycles. The van der Waals surface area contributed by atoms with E-state index in [9.17, 15) is 4.79 Å². The normalized spacial score (nSPS) is 10.9. The summed E-state index contributed by atoms with van der Waals surface area (Å²) in [6.45, 7) is 5.04. The van der Waals surface area contributed by atoms with Crippen molar-refractivity contribution in [3.05, 3.63) is 53.6 Å². The molecule has 0 aliphatic heterocycles. The van der Waals surface area contributed by atoms with Crippen LogP contribution in [0.15, 0.2) is 42.5 Å². The first-order valence-electron chi connectivity index (χ1n) is 9.23. The van der Waals surface area contributed by atoms with Crippen LogP contribution in [0.5, 0.6) is 23.0 Å². The maximum absolute atomic E-state index is 12.6. The van der Waals surface area contributed by atoms with E-state index in [1.807, 2.05) is 24.3 Å².